The summed E-state index contributed by atoms with van der Waals surface area (Å²) < 4.78 is 50.9. The number of hydrogen-bond acceptors (Lipinski definition) is 15. The molecule has 5 heterocycles. The molecule has 0 saturated carbocycles. The van der Waals surface area contributed by atoms with E-state index in [1.54, 1.807) is 39.8 Å². The molecule has 2 aliphatic rings. The van der Waals surface area contributed by atoms with Crippen molar-refractivity contribution in [1.82, 2.24) is 40.4 Å². The van der Waals surface area contributed by atoms with Crippen LogP contribution in [-0.4, -0.2) is 119 Å². The highest BCUT2D eigenvalue weighted by molar-refractivity contribution is 7.90. The SMILES string of the molecule is CCN(CC)CCCC[C@H](NC(=O)[C@@H](C(C)C)C(CCC#Cc1cnc(S(C)(=O)=O)nc1)C(N)=O)C(=O)NCC(=O)NCOCCCc1c2c(nc3cc(F)c(C)cc13)-c1cc3c(c(=O)n1C2)COC(=O)[C@]3(O)CC. The van der Waals surface area contributed by atoms with Gasteiger partial charge >= 0.3 is 5.97 Å². The van der Waals surface area contributed by atoms with Crippen LogP contribution in [0, 0.1) is 42.3 Å². The monoisotopic (exact) mass is 1060 g/mol. The van der Waals surface area contributed by atoms with Gasteiger partial charge < -0.3 is 45.7 Å². The van der Waals surface area contributed by atoms with Gasteiger partial charge in [-0.25, -0.2) is 32.6 Å². The molecule has 0 saturated heterocycles. The molecule has 2 aliphatic heterocycles. The number of hydrogen-bond donors (Lipinski definition) is 5. The van der Waals surface area contributed by atoms with E-state index in [0.29, 0.717) is 52.7 Å². The van der Waals surface area contributed by atoms with Gasteiger partial charge in [0.25, 0.3) is 5.56 Å². The van der Waals surface area contributed by atoms with Gasteiger partial charge in [-0.2, -0.15) is 0 Å². The summed E-state index contributed by atoms with van der Waals surface area (Å²) in [5.41, 5.74) is 7.34. The second-order valence-electron chi connectivity index (χ2n) is 19.3. The van der Waals surface area contributed by atoms with Crippen molar-refractivity contribution < 1.29 is 51.4 Å². The molecule has 0 radical (unpaired) electrons. The Balaban J connectivity index is 1.06. The number of ether oxygens (including phenoxy) is 2. The van der Waals surface area contributed by atoms with Crippen molar-refractivity contribution in [3.8, 4) is 23.2 Å². The van der Waals surface area contributed by atoms with Crippen molar-refractivity contribution >= 4 is 50.3 Å². The molecule has 20 nitrogen and oxygen atoms in total. The molecule has 6 N–H and O–H groups in total. The molecule has 75 heavy (non-hydrogen) atoms. The lowest BCUT2D eigenvalue weighted by Crippen LogP contribution is -2.52. The summed E-state index contributed by atoms with van der Waals surface area (Å²) in [6.07, 6.45) is 6.27. The zero-order valence-electron chi connectivity index (χ0n) is 43.6. The molecule has 0 spiro atoms. The van der Waals surface area contributed by atoms with E-state index in [2.05, 4.69) is 56.5 Å². The minimum atomic E-state index is -3.59. The Morgan fingerprint density at radius 3 is 2.39 bits per heavy atom. The third-order valence-corrected chi connectivity index (χ3v) is 14.8. The van der Waals surface area contributed by atoms with Crippen LogP contribution in [0.5, 0.6) is 0 Å². The maximum atomic E-state index is 15.0. The number of primary amides is 1. The summed E-state index contributed by atoms with van der Waals surface area (Å²) in [7, 11) is -3.59. The average Bonchev–Trinajstić information content (AvgIpc) is 3.75. The zero-order chi connectivity index (χ0) is 54.8. The van der Waals surface area contributed by atoms with Crippen LogP contribution in [0.25, 0.3) is 22.3 Å². The number of sulfone groups is 1. The molecule has 404 valence electrons. The van der Waals surface area contributed by atoms with Crippen molar-refractivity contribution in [1.29, 1.82) is 0 Å². The smallest absolute Gasteiger partial charge is 0.343 e. The maximum Gasteiger partial charge on any atom is 0.343 e. The van der Waals surface area contributed by atoms with Crippen LogP contribution >= 0.6 is 0 Å². The highest BCUT2D eigenvalue weighted by Crippen LogP contribution is 2.41. The van der Waals surface area contributed by atoms with Gasteiger partial charge in [-0.05, 0) is 101 Å². The van der Waals surface area contributed by atoms with Crippen molar-refractivity contribution in [3.05, 3.63) is 80.1 Å². The number of carbonyl (C=O) groups is 5. The molecule has 1 unspecified atom stereocenters. The van der Waals surface area contributed by atoms with Gasteiger partial charge in [0.15, 0.2) is 5.60 Å². The third kappa shape index (κ3) is 13.6. The van der Waals surface area contributed by atoms with Gasteiger partial charge in [0.2, 0.25) is 38.6 Å². The van der Waals surface area contributed by atoms with Crippen molar-refractivity contribution in [2.24, 2.45) is 23.5 Å². The molecule has 0 bridgehead atoms. The van der Waals surface area contributed by atoms with Gasteiger partial charge in [0, 0.05) is 54.3 Å². The normalized spacial score (nSPS) is 16.0. The number of nitrogens with one attached hydrogen (secondary N) is 3. The number of rotatable bonds is 25. The Labute approximate surface area is 436 Å². The van der Waals surface area contributed by atoms with Crippen molar-refractivity contribution in [2.75, 3.05) is 45.8 Å². The number of pyridine rings is 2. The molecule has 0 fully saturated rings. The minimum absolute atomic E-state index is 0.0154. The van der Waals surface area contributed by atoms with Crippen LogP contribution in [-0.2, 0) is 68.5 Å². The van der Waals surface area contributed by atoms with Crippen LogP contribution in [0.15, 0.2) is 40.5 Å². The Morgan fingerprint density at radius 1 is 1.01 bits per heavy atom. The van der Waals surface area contributed by atoms with E-state index in [0.717, 1.165) is 43.4 Å². The number of nitrogens with two attached hydrogens (primary N) is 1. The first kappa shape index (κ1) is 57.6. The van der Waals surface area contributed by atoms with E-state index in [9.17, 15) is 46.7 Å². The molecule has 4 aromatic rings. The lowest BCUT2D eigenvalue weighted by molar-refractivity contribution is -0.172. The minimum Gasteiger partial charge on any atom is -0.458 e. The number of aliphatic hydroxyl groups is 1. The molecule has 0 aliphatic carbocycles. The fraction of sp³-hybridized carbons (Fsp3) is 0.528. The number of aryl methyl sites for hydroxylation is 2. The highest BCUT2D eigenvalue weighted by atomic mass is 32.2. The van der Waals surface area contributed by atoms with Crippen LogP contribution in [0.2, 0.25) is 0 Å². The fourth-order valence-electron chi connectivity index (χ4n) is 9.66. The number of halogens is 1. The number of nitrogens with zero attached hydrogens (tertiary/aromatic N) is 5. The summed E-state index contributed by atoms with van der Waals surface area (Å²) in [6.45, 7) is 12.9. The molecule has 4 amide bonds. The van der Waals surface area contributed by atoms with Crippen LogP contribution < -0.4 is 27.2 Å². The Morgan fingerprint density at radius 2 is 1.73 bits per heavy atom. The predicted octanol–water partition coefficient (Wildman–Crippen LogP) is 3.06. The summed E-state index contributed by atoms with van der Waals surface area (Å²) in [5, 5.41) is 19.8. The van der Waals surface area contributed by atoms with E-state index in [1.807, 2.05) is 0 Å². The van der Waals surface area contributed by atoms with Gasteiger partial charge in [0.1, 0.15) is 25.2 Å². The Kier molecular flexibility index (Phi) is 19.4. The number of benzene rings is 1. The van der Waals surface area contributed by atoms with Crippen molar-refractivity contribution in [2.45, 2.75) is 123 Å². The first-order valence-electron chi connectivity index (χ1n) is 25.4. The van der Waals surface area contributed by atoms with Crippen LogP contribution in [0.4, 0.5) is 4.39 Å². The number of fused-ring (bicyclic) bond motifs is 5. The third-order valence-electron chi connectivity index (χ3n) is 13.9. The summed E-state index contributed by atoms with van der Waals surface area (Å²) in [5.74, 6) is -0.173. The van der Waals surface area contributed by atoms with E-state index in [-0.39, 0.29) is 74.4 Å². The van der Waals surface area contributed by atoms with Gasteiger partial charge in [0.05, 0.1) is 53.0 Å². The quantitative estimate of drug-likeness (QED) is 0.0185. The van der Waals surface area contributed by atoms with Gasteiger partial charge in [-0.15, -0.1) is 0 Å². The summed E-state index contributed by atoms with van der Waals surface area (Å²) in [6, 6.07) is 3.63. The zero-order valence-corrected chi connectivity index (χ0v) is 44.5. The summed E-state index contributed by atoms with van der Waals surface area (Å²) in [4.78, 5) is 94.9. The number of esters is 1. The summed E-state index contributed by atoms with van der Waals surface area (Å²) >= 11 is 0. The van der Waals surface area contributed by atoms with Crippen LogP contribution in [0.3, 0.4) is 0 Å². The standard InChI is InChI=1S/C53H68FN9O11S/c1-8-53(70)39-23-43-46-37(28-63(43)50(68)38(39)29-74-51(53)69)34(36-22-32(6)40(54)24-42(36)60-46)18-15-21-73-30-59-44(64)27-56-48(66)41(19-13-14-20-62(9-2)10-3)61-49(67)45(31(4)5)35(47(55)65)17-12-11-16-33-25-57-52(58-26-33)75(7,71)72/h22-26,31,35,41,45,70H,8-10,12-15,17-21,27-30H2,1-7H3,(H2,55,65)(H,56,66)(H,59,64)(H,61,67)/t35?,41-,45-,53-/m0/s1. The fourth-order valence-corrected chi connectivity index (χ4v) is 10.1. The first-order valence-corrected chi connectivity index (χ1v) is 27.3. The van der Waals surface area contributed by atoms with Gasteiger partial charge in [-0.1, -0.05) is 46.5 Å². The Bertz CT molecular complexity index is 3040. The number of carbonyl (C=O) groups excluding carboxylic acids is 5. The van der Waals surface area contributed by atoms with Gasteiger partial charge in [-0.3, -0.25) is 24.0 Å². The van der Waals surface area contributed by atoms with E-state index < -0.39 is 80.8 Å². The largest absolute Gasteiger partial charge is 0.458 e. The molecule has 4 atom stereocenters. The Hall–Kier alpha value is -6.67. The second-order valence-corrected chi connectivity index (χ2v) is 21.3. The predicted molar refractivity (Wildman–Crippen MR) is 275 cm³/mol. The molecule has 6 rings (SSSR count). The number of unbranched alkanes of at least 4 members (excludes halogenated alkanes) is 1. The van der Waals surface area contributed by atoms with E-state index in [1.165, 1.54) is 23.0 Å². The molecule has 22 heteroatoms. The van der Waals surface area contributed by atoms with Crippen LogP contribution in [0.1, 0.15) is 113 Å². The number of cyclic esters (lactones) is 1. The van der Waals surface area contributed by atoms with E-state index in [4.69, 9.17) is 20.2 Å². The lowest BCUT2D eigenvalue weighted by Gasteiger charge is -2.31. The topological polar surface area (TPSA) is 284 Å². The second kappa shape index (κ2) is 25.2. The van der Waals surface area contributed by atoms with Crippen molar-refractivity contribution in [3.63, 3.8) is 0 Å². The maximum absolute atomic E-state index is 15.0. The average molecular weight is 1060 g/mol. The number of aromatic nitrogens is 4. The lowest BCUT2D eigenvalue weighted by atomic mass is 9.79. The molecule has 3 aromatic heterocycles. The molecule has 1 aromatic carbocycles. The molecular formula is C53H68FN9O11S. The van der Waals surface area contributed by atoms with E-state index >= 15 is 0 Å². The number of amides is 4. The first-order chi connectivity index (χ1) is 35.6. The highest BCUT2D eigenvalue weighted by Gasteiger charge is 2.45. The molecular weight excluding hydrogens is 990 g/mol.